The Kier molecular flexibility index (Phi) is 5.77. The second-order valence-corrected chi connectivity index (χ2v) is 4.19. The van der Waals surface area contributed by atoms with Gasteiger partial charge in [0.2, 0.25) is 0 Å². The van der Waals surface area contributed by atoms with Gasteiger partial charge in [0.1, 0.15) is 18.2 Å². The van der Waals surface area contributed by atoms with Crippen molar-refractivity contribution < 1.29 is 14.7 Å². The fourth-order valence-electron chi connectivity index (χ4n) is 1.58. The van der Waals surface area contributed by atoms with Gasteiger partial charge in [-0.3, -0.25) is 0 Å². The van der Waals surface area contributed by atoms with E-state index >= 15 is 0 Å². The van der Waals surface area contributed by atoms with Crippen LogP contribution in [-0.4, -0.2) is 44.5 Å². The Bertz CT molecular complexity index is 432. The maximum atomic E-state index is 11.5. The summed E-state index contributed by atoms with van der Waals surface area (Å²) in [6.45, 7) is 2.24. The summed E-state index contributed by atoms with van der Waals surface area (Å²) in [7, 11) is 1.82. The molecule has 0 aliphatic carbocycles. The topological polar surface area (TPSA) is 109 Å². The first-order valence-corrected chi connectivity index (χ1v) is 6.14. The van der Waals surface area contributed by atoms with Crippen molar-refractivity contribution >= 4 is 12.0 Å². The van der Waals surface area contributed by atoms with Crippen molar-refractivity contribution in [1.29, 1.82) is 0 Å². The summed E-state index contributed by atoms with van der Waals surface area (Å²) >= 11 is 0. The van der Waals surface area contributed by atoms with Gasteiger partial charge < -0.3 is 20.3 Å². The molecule has 0 radical (unpaired) electrons. The number of carbonyl (C=O) groups excluding carboxylic acids is 1. The normalized spacial score (nSPS) is 11.9. The zero-order valence-electron chi connectivity index (χ0n) is 11.1. The molecule has 1 aromatic rings. The Hall–Kier alpha value is -2.12. The van der Waals surface area contributed by atoms with E-state index in [1.54, 1.807) is 10.9 Å². The van der Waals surface area contributed by atoms with Gasteiger partial charge in [0, 0.05) is 20.0 Å². The maximum Gasteiger partial charge on any atom is 0.326 e. The average Bonchev–Trinajstić information content (AvgIpc) is 2.74. The first-order chi connectivity index (χ1) is 9.04. The molecule has 1 heterocycles. The molecule has 0 unspecified atom stereocenters. The van der Waals surface area contributed by atoms with Crippen molar-refractivity contribution in [3.05, 3.63) is 12.2 Å². The highest BCUT2D eigenvalue weighted by Gasteiger charge is 2.18. The third-order valence-corrected chi connectivity index (χ3v) is 2.62. The fourth-order valence-corrected chi connectivity index (χ4v) is 1.58. The Morgan fingerprint density at radius 3 is 2.79 bits per heavy atom. The van der Waals surface area contributed by atoms with E-state index in [4.69, 9.17) is 5.11 Å². The molecule has 0 aliphatic heterocycles. The minimum Gasteiger partial charge on any atom is -0.480 e. The number of amides is 2. The van der Waals surface area contributed by atoms with Gasteiger partial charge in [0.15, 0.2) is 0 Å². The summed E-state index contributed by atoms with van der Waals surface area (Å²) in [5.74, 6) is -0.269. The number of hydrogen-bond donors (Lipinski definition) is 3. The maximum absolute atomic E-state index is 11.5. The highest BCUT2D eigenvalue weighted by molar-refractivity contribution is 5.82. The van der Waals surface area contributed by atoms with Crippen molar-refractivity contribution in [2.24, 2.45) is 7.05 Å². The van der Waals surface area contributed by atoms with Crippen molar-refractivity contribution in [1.82, 2.24) is 25.4 Å². The van der Waals surface area contributed by atoms with Gasteiger partial charge in [-0.25, -0.2) is 9.59 Å². The van der Waals surface area contributed by atoms with Crippen LogP contribution in [0.4, 0.5) is 4.79 Å². The quantitative estimate of drug-likeness (QED) is 0.641. The summed E-state index contributed by atoms with van der Waals surface area (Å²) in [6.07, 6.45) is 3.22. The zero-order valence-corrected chi connectivity index (χ0v) is 11.1. The van der Waals surface area contributed by atoms with Crippen LogP contribution in [0.1, 0.15) is 25.6 Å². The SMILES string of the molecule is CCC[C@@H](NC(=O)NCCc1nncn1C)C(=O)O. The Morgan fingerprint density at radius 2 is 2.26 bits per heavy atom. The van der Waals surface area contributed by atoms with Crippen molar-refractivity contribution in [3.63, 3.8) is 0 Å². The zero-order chi connectivity index (χ0) is 14.3. The second kappa shape index (κ2) is 7.34. The molecule has 0 spiro atoms. The molecule has 1 aromatic heterocycles. The molecule has 2 amide bonds. The number of carboxylic acids is 1. The lowest BCUT2D eigenvalue weighted by Gasteiger charge is -2.14. The van der Waals surface area contributed by atoms with Crippen LogP contribution in [0.25, 0.3) is 0 Å². The summed E-state index contributed by atoms with van der Waals surface area (Å²) < 4.78 is 1.76. The van der Waals surface area contributed by atoms with Gasteiger partial charge in [0.25, 0.3) is 0 Å². The van der Waals surface area contributed by atoms with Crippen LogP contribution in [0.5, 0.6) is 0 Å². The predicted molar refractivity (Wildman–Crippen MR) is 67.6 cm³/mol. The Labute approximate surface area is 111 Å². The summed E-state index contributed by atoms with van der Waals surface area (Å²) in [5, 5.41) is 21.5. The number of rotatable bonds is 7. The standard InChI is InChI=1S/C11H19N5O3/c1-3-4-8(10(17)18)14-11(19)12-6-5-9-15-13-7-16(9)2/h7-8H,3-6H2,1-2H3,(H,17,18)(H2,12,14,19)/t8-/m1/s1. The number of aromatic nitrogens is 3. The molecule has 8 heteroatoms. The fraction of sp³-hybridized carbons (Fsp3) is 0.636. The molecule has 1 rings (SSSR count). The minimum absolute atomic E-state index is 0.372. The molecule has 19 heavy (non-hydrogen) atoms. The number of carbonyl (C=O) groups is 2. The molecule has 0 saturated carbocycles. The number of hydrogen-bond acceptors (Lipinski definition) is 4. The Morgan fingerprint density at radius 1 is 1.53 bits per heavy atom. The monoisotopic (exact) mass is 269 g/mol. The number of nitrogens with one attached hydrogen (secondary N) is 2. The lowest BCUT2D eigenvalue weighted by molar-refractivity contribution is -0.139. The molecule has 106 valence electrons. The van der Waals surface area contributed by atoms with Gasteiger partial charge in [-0.15, -0.1) is 10.2 Å². The highest BCUT2D eigenvalue weighted by Crippen LogP contribution is 1.96. The summed E-state index contributed by atoms with van der Waals surface area (Å²) in [6, 6.07) is -1.33. The molecular formula is C11H19N5O3. The number of urea groups is 1. The van der Waals surface area contributed by atoms with Gasteiger partial charge >= 0.3 is 12.0 Å². The summed E-state index contributed by atoms with van der Waals surface area (Å²) in [4.78, 5) is 22.4. The number of carboxylic acid groups (broad SMARTS) is 1. The second-order valence-electron chi connectivity index (χ2n) is 4.19. The highest BCUT2D eigenvalue weighted by atomic mass is 16.4. The van der Waals surface area contributed by atoms with E-state index in [-0.39, 0.29) is 0 Å². The number of aliphatic carboxylic acids is 1. The van der Waals surface area contributed by atoms with Crippen LogP contribution >= 0.6 is 0 Å². The van der Waals surface area contributed by atoms with Gasteiger partial charge in [-0.05, 0) is 6.42 Å². The molecule has 0 aliphatic rings. The lowest BCUT2D eigenvalue weighted by Crippen LogP contribution is -2.46. The minimum atomic E-state index is -1.02. The van der Waals surface area contributed by atoms with Crippen LogP contribution in [0.3, 0.4) is 0 Å². The first kappa shape index (κ1) is 14.9. The van der Waals surface area contributed by atoms with E-state index in [1.165, 1.54) is 0 Å². The van der Waals surface area contributed by atoms with Crippen LogP contribution in [0.15, 0.2) is 6.33 Å². The van der Waals surface area contributed by atoms with Crippen LogP contribution in [0.2, 0.25) is 0 Å². The molecule has 0 saturated heterocycles. The lowest BCUT2D eigenvalue weighted by atomic mass is 10.2. The van der Waals surface area contributed by atoms with Gasteiger partial charge in [-0.2, -0.15) is 0 Å². The molecule has 0 bridgehead atoms. The molecule has 0 fully saturated rings. The van der Waals surface area contributed by atoms with E-state index in [9.17, 15) is 9.59 Å². The molecule has 8 nitrogen and oxygen atoms in total. The smallest absolute Gasteiger partial charge is 0.326 e. The molecule has 1 atom stereocenters. The van der Waals surface area contributed by atoms with Crippen LogP contribution < -0.4 is 10.6 Å². The number of nitrogens with zero attached hydrogens (tertiary/aromatic N) is 3. The van der Waals surface area contributed by atoms with Crippen molar-refractivity contribution in [2.45, 2.75) is 32.2 Å². The molecule has 0 aromatic carbocycles. The van der Waals surface area contributed by atoms with E-state index in [0.717, 1.165) is 5.82 Å². The van der Waals surface area contributed by atoms with E-state index in [0.29, 0.717) is 25.8 Å². The third kappa shape index (κ3) is 4.94. The molecular weight excluding hydrogens is 250 g/mol. The predicted octanol–water partition coefficient (Wildman–Crippen LogP) is -0.0899. The largest absolute Gasteiger partial charge is 0.480 e. The van der Waals surface area contributed by atoms with Crippen molar-refractivity contribution in [3.8, 4) is 0 Å². The molecule has 3 N–H and O–H groups in total. The van der Waals surface area contributed by atoms with Crippen molar-refractivity contribution in [2.75, 3.05) is 6.54 Å². The van der Waals surface area contributed by atoms with Gasteiger partial charge in [-0.1, -0.05) is 13.3 Å². The van der Waals surface area contributed by atoms with Crippen LogP contribution in [0, 0.1) is 0 Å². The van der Waals surface area contributed by atoms with E-state index in [1.807, 2.05) is 14.0 Å². The first-order valence-electron chi connectivity index (χ1n) is 6.14. The average molecular weight is 269 g/mol. The van der Waals surface area contributed by atoms with Gasteiger partial charge in [0.05, 0.1) is 0 Å². The van der Waals surface area contributed by atoms with Crippen LogP contribution in [-0.2, 0) is 18.3 Å². The third-order valence-electron chi connectivity index (χ3n) is 2.62. The Balaban J connectivity index is 2.31. The van der Waals surface area contributed by atoms with E-state index < -0.39 is 18.0 Å². The van der Waals surface area contributed by atoms with E-state index in [2.05, 4.69) is 20.8 Å². The number of aryl methyl sites for hydroxylation is 1. The summed E-state index contributed by atoms with van der Waals surface area (Å²) in [5.41, 5.74) is 0.